The lowest BCUT2D eigenvalue weighted by Gasteiger charge is -2.48. The summed E-state index contributed by atoms with van der Waals surface area (Å²) in [6.07, 6.45) is -1.47. The molecule has 4 aromatic rings. The maximum atomic E-state index is 18.3. The standard InChI is InChI=1S/C53H70F3N7O6Si/c1-29(2)70(30(3)4,31(5)6)23-21-33-16-14-17-34-24-35(57-50(64)68-52(8,9)10)25-38(41(33)34)44-43(56)45-42-47(60-49(59-45)66-28-37-18-15-22-61(37)27-40(54)55)62-26-36-19-20-39(46(62)32(7)67-48(42)58-44)63(36)51(65)69-53(11,12)13/h14,16-17,24-25,29-32,36-37,39-40,46H,15,18-20,22,26-28H2,1-13H3,(H,57,64)/t32-,36+,37-,39-,46+/m0/s1. The zero-order chi connectivity index (χ0) is 50.8. The summed E-state index contributed by atoms with van der Waals surface area (Å²) in [5.74, 6) is 3.25. The van der Waals surface area contributed by atoms with E-state index in [0.29, 0.717) is 82.4 Å². The zero-order valence-electron chi connectivity index (χ0n) is 43.0. The van der Waals surface area contributed by atoms with Gasteiger partial charge in [0.05, 0.1) is 24.7 Å². The summed E-state index contributed by atoms with van der Waals surface area (Å²) in [4.78, 5) is 47.7. The number of carbonyl (C=O) groups excluding carboxylic acids is 2. The van der Waals surface area contributed by atoms with E-state index in [1.54, 1.807) is 31.7 Å². The van der Waals surface area contributed by atoms with Crippen LogP contribution in [0.15, 0.2) is 30.3 Å². The van der Waals surface area contributed by atoms with Crippen LogP contribution >= 0.6 is 0 Å². The SMILES string of the molecule is CC(C)[Si](C#Cc1cccc2cc(NC(=O)OC(C)(C)C)cc(-c3nc4c5c(nc(OC[C@@H]6CCCN6CC(F)F)nc5c3F)N3C[C@H]5CC[C@@H]([C@H]3[C@H](C)O4)N5C(=O)OC(C)(C)C)c12)(C(C)C)C(C)C. The lowest BCUT2D eigenvalue weighted by atomic mass is 9.95. The largest absolute Gasteiger partial charge is 0.472 e. The van der Waals surface area contributed by atoms with Crippen molar-refractivity contribution in [1.29, 1.82) is 0 Å². The van der Waals surface area contributed by atoms with Crippen molar-refractivity contribution in [3.63, 3.8) is 0 Å². The highest BCUT2D eigenvalue weighted by Crippen LogP contribution is 2.48. The number of carbonyl (C=O) groups is 2. The first-order valence-electron chi connectivity index (χ1n) is 25.0. The van der Waals surface area contributed by atoms with Gasteiger partial charge in [-0.25, -0.2) is 27.7 Å². The van der Waals surface area contributed by atoms with E-state index in [4.69, 9.17) is 33.9 Å². The van der Waals surface area contributed by atoms with E-state index in [-0.39, 0.29) is 59.8 Å². The number of hydrogen-bond acceptors (Lipinski definition) is 11. The molecule has 4 aliphatic rings. The van der Waals surface area contributed by atoms with Crippen LogP contribution in [0.4, 0.5) is 34.3 Å². The van der Waals surface area contributed by atoms with Crippen LogP contribution in [0.25, 0.3) is 32.9 Å². The molecule has 5 atom stereocenters. The van der Waals surface area contributed by atoms with Crippen molar-refractivity contribution >= 4 is 53.4 Å². The van der Waals surface area contributed by atoms with Crippen LogP contribution in [0, 0.1) is 17.3 Å². The van der Waals surface area contributed by atoms with Crippen molar-refractivity contribution in [3.8, 4) is 34.6 Å². The maximum Gasteiger partial charge on any atom is 0.412 e. The summed E-state index contributed by atoms with van der Waals surface area (Å²) in [6, 6.07) is 7.72. The van der Waals surface area contributed by atoms with Crippen molar-refractivity contribution in [3.05, 3.63) is 41.7 Å². The predicted octanol–water partition coefficient (Wildman–Crippen LogP) is 11.7. The average molecular weight is 986 g/mol. The number of aromatic nitrogens is 3. The smallest absolute Gasteiger partial charge is 0.412 e. The predicted molar refractivity (Wildman–Crippen MR) is 270 cm³/mol. The Morgan fingerprint density at radius 1 is 0.929 bits per heavy atom. The molecular weight excluding hydrogens is 916 g/mol. The summed E-state index contributed by atoms with van der Waals surface area (Å²) in [5.41, 5.74) is 4.52. The van der Waals surface area contributed by atoms with E-state index in [0.717, 1.165) is 6.42 Å². The Bertz CT molecular complexity index is 2690. The topological polar surface area (TPSA) is 131 Å². The number of hydrogen-bond donors (Lipinski definition) is 1. The van der Waals surface area contributed by atoms with Gasteiger partial charge in [0.1, 0.15) is 54.4 Å². The number of alkyl halides is 2. The summed E-state index contributed by atoms with van der Waals surface area (Å²) in [6.45, 7) is 26.7. The normalized spacial score (nSPS) is 21.6. The van der Waals surface area contributed by atoms with Gasteiger partial charge in [0.15, 0.2) is 5.82 Å². The van der Waals surface area contributed by atoms with Crippen molar-refractivity contribution in [2.75, 3.05) is 36.5 Å². The quantitative estimate of drug-likeness (QED) is 0.120. The van der Waals surface area contributed by atoms with Crippen LogP contribution in [0.5, 0.6) is 11.9 Å². The van der Waals surface area contributed by atoms with Gasteiger partial charge in [-0.2, -0.15) is 9.97 Å². The number of pyridine rings is 1. The third kappa shape index (κ3) is 9.96. The Morgan fingerprint density at radius 3 is 2.29 bits per heavy atom. The second-order valence-electron chi connectivity index (χ2n) is 22.5. The number of benzene rings is 2. The average Bonchev–Trinajstić information content (AvgIpc) is 3.79. The van der Waals surface area contributed by atoms with Gasteiger partial charge in [-0.1, -0.05) is 59.6 Å². The van der Waals surface area contributed by atoms with Crippen molar-refractivity contribution in [2.24, 2.45) is 0 Å². The number of likely N-dealkylation sites (tertiary alicyclic amines) is 1. The Kier molecular flexibility index (Phi) is 14.1. The minimum Gasteiger partial charge on any atom is -0.472 e. The first kappa shape index (κ1) is 51.0. The van der Waals surface area contributed by atoms with Gasteiger partial charge in [0, 0.05) is 34.8 Å². The monoisotopic (exact) mass is 986 g/mol. The van der Waals surface area contributed by atoms with Crippen molar-refractivity contribution in [2.45, 2.75) is 180 Å². The van der Waals surface area contributed by atoms with Crippen molar-refractivity contribution in [1.82, 2.24) is 24.8 Å². The minimum atomic E-state index is -2.51. The minimum absolute atomic E-state index is 0.0110. The van der Waals surface area contributed by atoms with E-state index >= 15 is 4.39 Å². The second kappa shape index (κ2) is 19.3. The molecular formula is C53H70F3N7O6Si. The van der Waals surface area contributed by atoms with Crippen molar-refractivity contribution < 1.29 is 41.7 Å². The first-order chi connectivity index (χ1) is 32.9. The highest BCUT2D eigenvalue weighted by Gasteiger charge is 2.54. The fourth-order valence-electron chi connectivity index (χ4n) is 11.8. The molecule has 0 spiro atoms. The zero-order valence-corrected chi connectivity index (χ0v) is 44.0. The van der Waals surface area contributed by atoms with Crippen LogP contribution in [0.1, 0.15) is 121 Å². The fourth-order valence-corrected chi connectivity index (χ4v) is 17.0. The highest BCUT2D eigenvalue weighted by molar-refractivity contribution is 6.90. The van der Waals surface area contributed by atoms with Crippen LogP contribution in [0.2, 0.25) is 16.6 Å². The van der Waals surface area contributed by atoms with Gasteiger partial charge >= 0.3 is 18.2 Å². The number of nitrogens with one attached hydrogen (secondary N) is 1. The second-order valence-corrected chi connectivity index (χ2v) is 28.1. The molecule has 0 aliphatic carbocycles. The molecule has 2 bridgehead atoms. The Labute approximate surface area is 411 Å². The third-order valence-corrected chi connectivity index (χ3v) is 20.8. The molecule has 0 saturated carbocycles. The Morgan fingerprint density at radius 2 is 1.63 bits per heavy atom. The van der Waals surface area contributed by atoms with Gasteiger partial charge < -0.3 is 23.8 Å². The molecule has 2 aromatic heterocycles. The third-order valence-electron chi connectivity index (χ3n) is 14.5. The maximum absolute atomic E-state index is 18.3. The Hall–Kier alpha value is -5.34. The first-order valence-corrected chi connectivity index (χ1v) is 27.2. The molecule has 70 heavy (non-hydrogen) atoms. The fraction of sp³-hybridized carbons (Fsp3) is 0.604. The van der Waals surface area contributed by atoms with Gasteiger partial charge in [-0.05, 0) is 121 Å². The molecule has 6 heterocycles. The number of rotatable bonds is 10. The van der Waals surface area contributed by atoms with E-state index in [1.807, 2.05) is 56.9 Å². The van der Waals surface area contributed by atoms with Crippen LogP contribution in [-0.4, -0.2) is 119 Å². The Balaban J connectivity index is 1.35. The number of halogens is 3. The highest BCUT2D eigenvalue weighted by atomic mass is 28.3. The molecule has 8 rings (SSSR count). The molecule has 1 N–H and O–H groups in total. The van der Waals surface area contributed by atoms with E-state index in [1.165, 1.54) is 0 Å². The molecule has 3 saturated heterocycles. The van der Waals surface area contributed by atoms with E-state index in [2.05, 4.69) is 63.2 Å². The number of nitrogens with zero attached hydrogens (tertiary/aromatic N) is 6. The molecule has 0 radical (unpaired) electrons. The van der Waals surface area contributed by atoms with E-state index in [9.17, 15) is 18.4 Å². The summed E-state index contributed by atoms with van der Waals surface area (Å²) in [5, 5.41) is 4.41. The van der Waals surface area contributed by atoms with Gasteiger partial charge in [-0.15, -0.1) is 5.54 Å². The molecule has 2 aromatic carbocycles. The molecule has 13 nitrogen and oxygen atoms in total. The molecule has 0 unspecified atom stereocenters. The molecule has 3 fully saturated rings. The van der Waals surface area contributed by atoms with Crippen LogP contribution < -0.4 is 19.7 Å². The summed E-state index contributed by atoms with van der Waals surface area (Å²) < 4.78 is 70.4. The lowest BCUT2D eigenvalue weighted by molar-refractivity contribution is 0.000900. The number of ether oxygens (including phenoxy) is 4. The van der Waals surface area contributed by atoms with Gasteiger partial charge in [0.2, 0.25) is 5.88 Å². The number of piperazine rings is 1. The summed E-state index contributed by atoms with van der Waals surface area (Å²) in [7, 11) is -2.26. The number of amides is 2. The van der Waals surface area contributed by atoms with Crippen LogP contribution in [-0.2, 0) is 9.47 Å². The molecule has 4 aliphatic heterocycles. The van der Waals surface area contributed by atoms with Gasteiger partial charge in [0.25, 0.3) is 6.43 Å². The number of anilines is 2. The summed E-state index contributed by atoms with van der Waals surface area (Å²) >= 11 is 0. The molecule has 2 amide bonds. The van der Waals surface area contributed by atoms with Gasteiger partial charge in [-0.3, -0.25) is 15.1 Å². The van der Waals surface area contributed by atoms with E-state index < -0.39 is 55.9 Å². The number of fused-ring (bicyclic) bond motifs is 6. The molecule has 378 valence electrons. The lowest BCUT2D eigenvalue weighted by Crippen LogP contribution is -2.65. The molecule has 17 heteroatoms. The van der Waals surface area contributed by atoms with Crippen LogP contribution in [0.3, 0.4) is 0 Å².